The summed E-state index contributed by atoms with van der Waals surface area (Å²) in [5, 5.41) is 16.1. The standard InChI is InChI=1S/C36H57FN5O8P/c1-5-6-7-8-9-10-11-12-13-14-15-16-17-18-19-20-21-22-31(43)38-24-27-41(3)28-25-39-51(47,48-4)49-29-30-33(45)36(2,37)34(50-30)42-26-23-32(44)40-35(42)46/h6-7,9-10,12-13,15-16,18-19,23,26,30,33-34,45H,5,8,11,14,17,20-22,24-25,27-29H2,1-4H3,(H,38,43)(H,39,47)(H,40,44,46)/b7-6-,10-9-,13-12-,16-15-,19-18-/t30-,33-,34?,36-,51?/m1/s1. The minimum Gasteiger partial charge on any atom is -0.387 e. The van der Waals surface area contributed by atoms with E-state index in [1.807, 2.05) is 16.9 Å². The summed E-state index contributed by atoms with van der Waals surface area (Å²) in [6.07, 6.45) is 24.9. The third kappa shape index (κ3) is 16.8. The SMILES string of the molecule is CC/C=C\C/C=C\C/C=C\C/C=C\C/C=C\CCCC(=O)NCCN(C)CCNP(=O)(OC)OC[C@H]1OC(n2ccc(=O)[nH]c2=O)[C@](C)(F)[C@@H]1O. The molecule has 2 heterocycles. The Morgan fingerprint density at radius 3 is 2.24 bits per heavy atom. The van der Waals surface area contributed by atoms with Crippen LogP contribution in [0.3, 0.4) is 0 Å². The molecule has 1 fully saturated rings. The van der Waals surface area contributed by atoms with Crippen molar-refractivity contribution in [1.82, 2.24) is 24.9 Å². The van der Waals surface area contributed by atoms with Gasteiger partial charge in [-0.25, -0.2) is 18.8 Å². The number of amides is 1. The molecule has 1 amide bonds. The van der Waals surface area contributed by atoms with E-state index in [0.717, 1.165) is 68.7 Å². The molecule has 1 saturated heterocycles. The van der Waals surface area contributed by atoms with E-state index in [-0.39, 0.29) is 12.5 Å². The highest BCUT2D eigenvalue weighted by Gasteiger charge is 2.55. The van der Waals surface area contributed by atoms with E-state index in [9.17, 15) is 24.1 Å². The number of aliphatic hydroxyl groups is 1. The molecule has 0 aliphatic carbocycles. The number of alkyl halides is 1. The fraction of sp³-hybridized carbons (Fsp3) is 0.583. The summed E-state index contributed by atoms with van der Waals surface area (Å²) in [5.41, 5.74) is -3.99. The van der Waals surface area contributed by atoms with Crippen molar-refractivity contribution in [3.05, 3.63) is 93.9 Å². The van der Waals surface area contributed by atoms with Crippen LogP contribution in [0.2, 0.25) is 0 Å². The van der Waals surface area contributed by atoms with Gasteiger partial charge in [0.15, 0.2) is 11.9 Å². The molecule has 1 aliphatic rings. The second-order valence-corrected chi connectivity index (χ2v) is 14.2. The van der Waals surface area contributed by atoms with Crippen molar-refractivity contribution in [2.24, 2.45) is 0 Å². The van der Waals surface area contributed by atoms with E-state index in [1.165, 1.54) is 7.11 Å². The number of allylic oxidation sites excluding steroid dienone is 10. The van der Waals surface area contributed by atoms with Gasteiger partial charge in [-0.1, -0.05) is 67.7 Å². The topological polar surface area (TPSA) is 164 Å². The predicted octanol–water partition coefficient (Wildman–Crippen LogP) is 4.85. The molecule has 2 unspecified atom stereocenters. The van der Waals surface area contributed by atoms with Crippen LogP contribution in [0.5, 0.6) is 0 Å². The number of aromatic amines is 1. The quantitative estimate of drug-likeness (QED) is 0.0620. The smallest absolute Gasteiger partial charge is 0.387 e. The van der Waals surface area contributed by atoms with Crippen LogP contribution in [-0.4, -0.2) is 90.3 Å². The number of ether oxygens (including phenoxy) is 1. The van der Waals surface area contributed by atoms with Gasteiger partial charge in [0, 0.05) is 52.0 Å². The van der Waals surface area contributed by atoms with Gasteiger partial charge in [0.1, 0.15) is 12.2 Å². The zero-order chi connectivity index (χ0) is 37.5. The largest absolute Gasteiger partial charge is 0.405 e. The van der Waals surface area contributed by atoms with Crippen LogP contribution in [-0.2, 0) is 23.1 Å². The number of rotatable bonds is 25. The molecule has 2 rings (SSSR count). The van der Waals surface area contributed by atoms with Gasteiger partial charge >= 0.3 is 13.4 Å². The van der Waals surface area contributed by atoms with Crippen molar-refractivity contribution in [2.75, 3.05) is 46.9 Å². The lowest BCUT2D eigenvalue weighted by Gasteiger charge is -2.24. The molecule has 15 heteroatoms. The molecular weight excluding hydrogens is 680 g/mol. The second-order valence-electron chi connectivity index (χ2n) is 12.3. The lowest BCUT2D eigenvalue weighted by atomic mass is 9.98. The van der Waals surface area contributed by atoms with Crippen molar-refractivity contribution in [3.63, 3.8) is 0 Å². The number of unbranched alkanes of at least 4 members (excludes halogenated alkanes) is 1. The molecule has 51 heavy (non-hydrogen) atoms. The Morgan fingerprint density at radius 1 is 1.06 bits per heavy atom. The van der Waals surface area contributed by atoms with Gasteiger partial charge in [-0.2, -0.15) is 0 Å². The van der Waals surface area contributed by atoms with Crippen molar-refractivity contribution >= 4 is 13.7 Å². The third-order valence-corrected chi connectivity index (χ3v) is 9.60. The molecule has 0 bridgehead atoms. The maximum Gasteiger partial charge on any atom is 0.405 e. The van der Waals surface area contributed by atoms with Crippen LogP contribution in [0, 0.1) is 0 Å². The number of nitrogens with one attached hydrogen (secondary N) is 3. The summed E-state index contributed by atoms with van der Waals surface area (Å²) in [6.45, 7) is 4.34. The van der Waals surface area contributed by atoms with E-state index < -0.39 is 49.7 Å². The molecule has 286 valence electrons. The zero-order valence-corrected chi connectivity index (χ0v) is 31.3. The van der Waals surface area contributed by atoms with Crippen LogP contribution in [0.25, 0.3) is 0 Å². The number of aliphatic hydroxyl groups excluding tert-OH is 1. The van der Waals surface area contributed by atoms with Gasteiger partial charge in [-0.05, 0) is 58.9 Å². The summed E-state index contributed by atoms with van der Waals surface area (Å²) in [6, 6.07) is 1.03. The number of H-pyrrole nitrogens is 1. The molecule has 0 aromatic carbocycles. The second kappa shape index (κ2) is 24.1. The van der Waals surface area contributed by atoms with E-state index >= 15 is 4.39 Å². The van der Waals surface area contributed by atoms with Gasteiger partial charge in [0.05, 0.1) is 6.61 Å². The number of carbonyl (C=O) groups excluding carboxylic acids is 1. The molecular formula is C36H57FN5O8P. The first-order valence-corrected chi connectivity index (χ1v) is 19.1. The molecule has 0 saturated carbocycles. The maximum atomic E-state index is 15.4. The highest BCUT2D eigenvalue weighted by atomic mass is 31.2. The number of carbonyl (C=O) groups is 1. The molecule has 1 aromatic heterocycles. The lowest BCUT2D eigenvalue weighted by Crippen LogP contribution is -2.43. The Bertz CT molecular complexity index is 1490. The van der Waals surface area contributed by atoms with Crippen LogP contribution < -0.4 is 21.7 Å². The van der Waals surface area contributed by atoms with Crippen LogP contribution >= 0.6 is 7.75 Å². The van der Waals surface area contributed by atoms with E-state index in [4.69, 9.17) is 13.8 Å². The molecule has 13 nitrogen and oxygen atoms in total. The van der Waals surface area contributed by atoms with Crippen LogP contribution in [0.4, 0.5) is 4.39 Å². The summed E-state index contributed by atoms with van der Waals surface area (Å²) in [7, 11) is -0.827. The Labute approximate surface area is 300 Å². The van der Waals surface area contributed by atoms with Crippen LogP contribution in [0.1, 0.15) is 71.4 Å². The average Bonchev–Trinajstić information content (AvgIpc) is 3.32. The number of nitrogens with zero attached hydrogens (tertiary/aromatic N) is 2. The average molecular weight is 738 g/mol. The normalized spacial score (nSPS) is 22.5. The molecule has 4 N–H and O–H groups in total. The van der Waals surface area contributed by atoms with Gasteiger partial charge in [-0.3, -0.25) is 23.7 Å². The monoisotopic (exact) mass is 737 g/mol. The van der Waals surface area contributed by atoms with E-state index in [2.05, 4.69) is 78.1 Å². The van der Waals surface area contributed by atoms with Crippen molar-refractivity contribution < 1.29 is 32.6 Å². The summed E-state index contributed by atoms with van der Waals surface area (Å²) in [5.74, 6) is -0.0143. The molecule has 5 atom stereocenters. The van der Waals surface area contributed by atoms with Gasteiger partial charge in [0.25, 0.3) is 5.56 Å². The zero-order valence-electron chi connectivity index (χ0n) is 30.4. The van der Waals surface area contributed by atoms with Gasteiger partial charge in [0.2, 0.25) is 5.91 Å². The fourth-order valence-corrected chi connectivity index (χ4v) is 6.05. The highest BCUT2D eigenvalue weighted by Crippen LogP contribution is 2.45. The summed E-state index contributed by atoms with van der Waals surface area (Å²) < 4.78 is 45.3. The highest BCUT2D eigenvalue weighted by molar-refractivity contribution is 7.51. The first-order valence-electron chi connectivity index (χ1n) is 17.5. The first-order chi connectivity index (χ1) is 24.4. The number of likely N-dealkylation sites (N-methyl/N-ethyl adjacent to an activating group) is 1. The minimum absolute atomic E-state index is 0.0143. The third-order valence-electron chi connectivity index (χ3n) is 8.02. The fourth-order valence-electron chi connectivity index (χ4n) is 5.01. The van der Waals surface area contributed by atoms with Crippen molar-refractivity contribution in [2.45, 2.75) is 89.3 Å². The Kier molecular flexibility index (Phi) is 20.8. The van der Waals surface area contributed by atoms with E-state index in [0.29, 0.717) is 26.1 Å². The van der Waals surface area contributed by atoms with Gasteiger partial charge < -0.3 is 24.6 Å². The number of aromatic nitrogens is 2. The minimum atomic E-state index is -3.86. The van der Waals surface area contributed by atoms with Crippen molar-refractivity contribution in [3.8, 4) is 0 Å². The van der Waals surface area contributed by atoms with Gasteiger partial charge in [-0.15, -0.1) is 0 Å². The summed E-state index contributed by atoms with van der Waals surface area (Å²) in [4.78, 5) is 39.7. The number of hydrogen-bond donors (Lipinski definition) is 4. The van der Waals surface area contributed by atoms with E-state index in [1.54, 1.807) is 0 Å². The molecule has 0 radical (unpaired) electrons. The molecule has 1 aliphatic heterocycles. The molecule has 1 aromatic rings. The first kappa shape index (κ1) is 43.9. The number of halogens is 1. The van der Waals surface area contributed by atoms with Crippen LogP contribution in [0.15, 0.2) is 82.6 Å². The summed E-state index contributed by atoms with van der Waals surface area (Å²) >= 11 is 0. The lowest BCUT2D eigenvalue weighted by molar-refractivity contribution is -0.121. The van der Waals surface area contributed by atoms with Crippen molar-refractivity contribution in [1.29, 1.82) is 0 Å². The number of hydrogen-bond acceptors (Lipinski definition) is 9. The molecule has 0 spiro atoms. The Balaban J connectivity index is 1.57. The Hall–Kier alpha value is -3.23. The maximum absolute atomic E-state index is 15.4. The predicted molar refractivity (Wildman–Crippen MR) is 198 cm³/mol. The Morgan fingerprint density at radius 2 is 1.65 bits per heavy atom.